The van der Waals surface area contributed by atoms with Gasteiger partial charge in [-0.1, -0.05) is 0 Å². The molecule has 0 aromatic carbocycles. The molecule has 0 aliphatic rings. The highest BCUT2D eigenvalue weighted by Crippen LogP contribution is 2.08. The monoisotopic (exact) mass is 229 g/mol. The van der Waals surface area contributed by atoms with E-state index in [2.05, 4.69) is 25.5 Å². The molecule has 0 atom stereocenters. The lowest BCUT2D eigenvalue weighted by Gasteiger charge is -2.13. The Hall–Kier alpha value is -1.10. The van der Waals surface area contributed by atoms with Gasteiger partial charge in [0.25, 0.3) is 0 Å². The van der Waals surface area contributed by atoms with Crippen molar-refractivity contribution in [2.24, 2.45) is 0 Å². The molecular formula is C10H17N2O2S+. The fourth-order valence-electron chi connectivity index (χ4n) is 1.17. The predicted molar refractivity (Wildman–Crippen MR) is 60.1 cm³/mol. The molecule has 84 valence electrons. The van der Waals surface area contributed by atoms with Gasteiger partial charge in [-0.2, -0.15) is 4.57 Å². The van der Waals surface area contributed by atoms with Crippen molar-refractivity contribution in [1.82, 2.24) is 0 Å². The van der Waals surface area contributed by atoms with E-state index in [4.69, 9.17) is 0 Å². The zero-order valence-electron chi connectivity index (χ0n) is 9.48. The molecule has 0 aliphatic heterocycles. The van der Waals surface area contributed by atoms with Crippen LogP contribution in [0.4, 0.5) is 5.69 Å². The average Bonchev–Trinajstić information content (AvgIpc) is 1.99. The van der Waals surface area contributed by atoms with Gasteiger partial charge in [-0.05, 0) is 6.07 Å². The third kappa shape index (κ3) is 3.87. The first-order chi connectivity index (χ1) is 6.68. The largest absolute Gasteiger partial charge is 0.278 e. The highest BCUT2D eigenvalue weighted by molar-refractivity contribution is 7.92. The average molecular weight is 229 g/mol. The number of nitrogens with one attached hydrogen (secondary N) is 1. The van der Waals surface area contributed by atoms with Gasteiger partial charge in [0.05, 0.1) is 6.26 Å². The molecular weight excluding hydrogens is 212 g/mol. The zero-order chi connectivity index (χ0) is 11.7. The van der Waals surface area contributed by atoms with Gasteiger partial charge >= 0.3 is 0 Å². The Kier molecular flexibility index (Phi) is 3.04. The number of pyridine rings is 1. The molecule has 5 heteroatoms. The first-order valence-electron chi connectivity index (χ1n) is 4.68. The first kappa shape index (κ1) is 12.0. The Labute approximate surface area is 91.0 Å². The van der Waals surface area contributed by atoms with Crippen molar-refractivity contribution in [3.63, 3.8) is 0 Å². The van der Waals surface area contributed by atoms with Gasteiger partial charge in [0.15, 0.2) is 17.9 Å². The van der Waals surface area contributed by atoms with Crippen LogP contribution in [0.5, 0.6) is 0 Å². The fraction of sp³-hybridized carbons (Fsp3) is 0.500. The summed E-state index contributed by atoms with van der Waals surface area (Å²) in [6.07, 6.45) is 4.83. The van der Waals surface area contributed by atoms with Gasteiger partial charge in [0, 0.05) is 26.8 Å². The van der Waals surface area contributed by atoms with Gasteiger partial charge < -0.3 is 0 Å². The summed E-state index contributed by atoms with van der Waals surface area (Å²) in [5, 5.41) is 0. The van der Waals surface area contributed by atoms with E-state index in [1.165, 1.54) is 0 Å². The number of nitrogens with zero attached hydrogens (tertiary/aromatic N) is 1. The van der Waals surface area contributed by atoms with E-state index in [-0.39, 0.29) is 5.54 Å². The lowest BCUT2D eigenvalue weighted by molar-refractivity contribution is -0.753. The summed E-state index contributed by atoms with van der Waals surface area (Å²) in [5.74, 6) is 0. The minimum atomic E-state index is -3.20. The van der Waals surface area contributed by atoms with Crippen molar-refractivity contribution >= 4 is 15.7 Å². The highest BCUT2D eigenvalue weighted by atomic mass is 32.2. The number of aromatic nitrogens is 1. The van der Waals surface area contributed by atoms with Crippen LogP contribution in [0.15, 0.2) is 24.5 Å². The quantitative estimate of drug-likeness (QED) is 0.772. The molecule has 1 N–H and O–H groups in total. The van der Waals surface area contributed by atoms with Crippen molar-refractivity contribution in [1.29, 1.82) is 0 Å². The second-order valence-electron chi connectivity index (χ2n) is 4.54. The second kappa shape index (κ2) is 3.81. The standard InChI is InChI=1S/C10H17N2O2S/c1-10(2,3)12-7-5-6-9(8-12)11-15(4,13)14/h5-8,11H,1-4H3/q+1. The maximum Gasteiger partial charge on any atom is 0.230 e. The number of rotatable bonds is 2. The summed E-state index contributed by atoms with van der Waals surface area (Å²) in [6.45, 7) is 6.16. The number of anilines is 1. The highest BCUT2D eigenvalue weighted by Gasteiger charge is 2.21. The van der Waals surface area contributed by atoms with Crippen LogP contribution >= 0.6 is 0 Å². The van der Waals surface area contributed by atoms with Crippen LogP contribution in [0.3, 0.4) is 0 Å². The molecule has 0 spiro atoms. The lowest BCUT2D eigenvalue weighted by atomic mass is 10.1. The molecule has 1 aromatic heterocycles. The molecule has 15 heavy (non-hydrogen) atoms. The van der Waals surface area contributed by atoms with E-state index < -0.39 is 10.0 Å². The summed E-state index contributed by atoms with van der Waals surface area (Å²) in [6, 6.07) is 3.54. The van der Waals surface area contributed by atoms with Crippen LogP contribution in [-0.4, -0.2) is 14.7 Å². The number of hydrogen-bond acceptors (Lipinski definition) is 2. The zero-order valence-corrected chi connectivity index (χ0v) is 10.3. The molecule has 0 saturated carbocycles. The molecule has 4 nitrogen and oxygen atoms in total. The predicted octanol–water partition coefficient (Wildman–Crippen LogP) is 1.10. The summed E-state index contributed by atoms with van der Waals surface area (Å²) in [7, 11) is -3.20. The maximum absolute atomic E-state index is 11.0. The van der Waals surface area contributed by atoms with E-state index in [1.54, 1.807) is 12.3 Å². The summed E-state index contributed by atoms with van der Waals surface area (Å²) in [4.78, 5) is 0. The van der Waals surface area contributed by atoms with E-state index in [0.29, 0.717) is 5.69 Å². The second-order valence-corrected chi connectivity index (χ2v) is 6.29. The Morgan fingerprint density at radius 1 is 1.33 bits per heavy atom. The van der Waals surface area contributed by atoms with Gasteiger partial charge in [-0.3, -0.25) is 4.72 Å². The fourth-order valence-corrected chi connectivity index (χ4v) is 1.72. The summed E-state index contributed by atoms with van der Waals surface area (Å²) in [5.41, 5.74) is 0.518. The van der Waals surface area contributed by atoms with Crippen molar-refractivity contribution in [2.75, 3.05) is 11.0 Å². The Morgan fingerprint density at radius 3 is 2.40 bits per heavy atom. The topological polar surface area (TPSA) is 50.1 Å². The van der Waals surface area contributed by atoms with Crippen molar-refractivity contribution in [2.45, 2.75) is 26.3 Å². The summed E-state index contributed by atoms with van der Waals surface area (Å²) < 4.78 is 26.5. The molecule has 0 unspecified atom stereocenters. The lowest BCUT2D eigenvalue weighted by Crippen LogP contribution is -2.49. The van der Waals surface area contributed by atoms with Crippen molar-refractivity contribution in [3.8, 4) is 0 Å². The smallest absolute Gasteiger partial charge is 0.230 e. The third-order valence-electron chi connectivity index (χ3n) is 1.88. The number of hydrogen-bond donors (Lipinski definition) is 1. The Bertz CT molecular complexity index is 447. The molecule has 1 rings (SSSR count). The SMILES string of the molecule is CC(C)(C)[n+]1cccc(NS(C)(=O)=O)c1. The number of sulfonamides is 1. The molecule has 0 bridgehead atoms. The molecule has 1 aromatic rings. The molecule has 1 heterocycles. The van der Waals surface area contributed by atoms with Gasteiger partial charge in [-0.15, -0.1) is 0 Å². The minimum Gasteiger partial charge on any atom is -0.278 e. The van der Waals surface area contributed by atoms with Crippen molar-refractivity contribution in [3.05, 3.63) is 24.5 Å². The Morgan fingerprint density at radius 2 is 1.93 bits per heavy atom. The van der Waals surface area contributed by atoms with Gasteiger partial charge in [0.2, 0.25) is 10.0 Å². The molecule has 0 fully saturated rings. The van der Waals surface area contributed by atoms with E-state index in [9.17, 15) is 8.42 Å². The van der Waals surface area contributed by atoms with E-state index in [1.807, 2.05) is 16.8 Å². The van der Waals surface area contributed by atoms with E-state index in [0.717, 1.165) is 6.26 Å². The van der Waals surface area contributed by atoms with Crippen LogP contribution in [0.2, 0.25) is 0 Å². The Balaban J connectivity index is 3.04. The van der Waals surface area contributed by atoms with Gasteiger partial charge in [-0.25, -0.2) is 8.42 Å². The third-order valence-corrected chi connectivity index (χ3v) is 2.48. The van der Waals surface area contributed by atoms with Crippen LogP contribution in [0, 0.1) is 0 Å². The van der Waals surface area contributed by atoms with Crippen molar-refractivity contribution < 1.29 is 13.0 Å². The molecule has 0 radical (unpaired) electrons. The molecule has 0 aliphatic carbocycles. The van der Waals surface area contributed by atoms with Crippen LogP contribution in [0.25, 0.3) is 0 Å². The van der Waals surface area contributed by atoms with E-state index >= 15 is 0 Å². The minimum absolute atomic E-state index is 0.0603. The van der Waals surface area contributed by atoms with Crippen LogP contribution < -0.4 is 9.29 Å². The van der Waals surface area contributed by atoms with Crippen LogP contribution in [0.1, 0.15) is 20.8 Å². The molecule has 0 saturated heterocycles. The van der Waals surface area contributed by atoms with Gasteiger partial charge in [0.1, 0.15) is 5.69 Å². The van der Waals surface area contributed by atoms with Crippen LogP contribution in [-0.2, 0) is 15.6 Å². The summed E-state index contributed by atoms with van der Waals surface area (Å²) >= 11 is 0. The first-order valence-corrected chi connectivity index (χ1v) is 6.57. The maximum atomic E-state index is 11.0. The normalized spacial score (nSPS) is 12.5. The molecule has 0 amide bonds.